The summed E-state index contributed by atoms with van der Waals surface area (Å²) in [5.41, 5.74) is 0.749. The molecule has 0 N–H and O–H groups in total. The van der Waals surface area contributed by atoms with Crippen LogP contribution in [0.15, 0.2) is 9.70 Å². The monoisotopic (exact) mass is 474 g/mol. The molecular formula is C22H26N4O4S2. The molecule has 2 aliphatic heterocycles. The molecule has 10 heteroatoms. The Bertz CT molecular complexity index is 1100. The minimum Gasteiger partial charge on any atom is -0.466 e. The highest BCUT2D eigenvalue weighted by Crippen LogP contribution is 2.36. The van der Waals surface area contributed by atoms with E-state index in [0.717, 1.165) is 6.42 Å². The molecule has 170 valence electrons. The van der Waals surface area contributed by atoms with E-state index < -0.39 is 5.56 Å². The first kappa shape index (κ1) is 24.0. The van der Waals surface area contributed by atoms with E-state index in [1.165, 1.54) is 21.2 Å². The molecule has 0 bridgehead atoms. The van der Waals surface area contributed by atoms with E-state index in [1.807, 2.05) is 17.9 Å². The number of aromatic nitrogens is 1. The number of nitrogens with zero attached hydrogens (tertiary/aromatic N) is 4. The topological polar surface area (TPSA) is 95.6 Å². The number of ether oxygens (including phenoxy) is 1. The molecule has 1 aromatic heterocycles. The van der Waals surface area contributed by atoms with Gasteiger partial charge in [-0.3, -0.25) is 23.9 Å². The van der Waals surface area contributed by atoms with Crippen molar-refractivity contribution in [1.82, 2.24) is 9.47 Å². The van der Waals surface area contributed by atoms with Crippen LogP contribution in [0.4, 0.5) is 5.82 Å². The number of likely N-dealkylation sites (N-methyl/N-ethyl adjacent to an activating group) is 1. The second kappa shape index (κ2) is 9.88. The average Bonchev–Trinajstić information content (AvgIpc) is 3.05. The molecule has 0 spiro atoms. The quantitative estimate of drug-likeness (QED) is 0.365. The number of esters is 1. The number of carbonyl (C=O) groups excluding carboxylic acids is 2. The number of thiocarbonyl (C=S) groups is 1. The van der Waals surface area contributed by atoms with E-state index in [-0.39, 0.29) is 23.4 Å². The number of hydrogen-bond acceptors (Lipinski definition) is 8. The lowest BCUT2D eigenvalue weighted by Crippen LogP contribution is -2.42. The lowest BCUT2D eigenvalue weighted by atomic mass is 9.96. The highest BCUT2D eigenvalue weighted by molar-refractivity contribution is 8.26. The molecular weight excluding hydrogens is 448 g/mol. The minimum atomic E-state index is -0.406. The van der Waals surface area contributed by atoms with Gasteiger partial charge in [0.25, 0.3) is 11.5 Å². The summed E-state index contributed by atoms with van der Waals surface area (Å²) in [6.07, 6.45) is 3.19. The van der Waals surface area contributed by atoms with Crippen molar-refractivity contribution < 1.29 is 14.3 Å². The first-order chi connectivity index (χ1) is 15.2. The number of nitriles is 1. The van der Waals surface area contributed by atoms with Crippen LogP contribution >= 0.6 is 24.0 Å². The van der Waals surface area contributed by atoms with Crippen molar-refractivity contribution in [3.05, 3.63) is 31.9 Å². The summed E-state index contributed by atoms with van der Waals surface area (Å²) in [5, 5.41) is 9.60. The fourth-order valence-corrected chi connectivity index (χ4v) is 5.49. The molecule has 0 aromatic carbocycles. The van der Waals surface area contributed by atoms with Gasteiger partial charge in [-0.1, -0.05) is 24.0 Å². The Morgan fingerprint density at radius 3 is 2.69 bits per heavy atom. The molecule has 2 fully saturated rings. The summed E-state index contributed by atoms with van der Waals surface area (Å²) in [6, 6.07) is 2.00. The van der Waals surface area contributed by atoms with Gasteiger partial charge in [0.1, 0.15) is 21.8 Å². The molecule has 1 unspecified atom stereocenters. The zero-order valence-corrected chi connectivity index (χ0v) is 20.3. The molecule has 8 nitrogen and oxygen atoms in total. The molecule has 2 aliphatic rings. The molecule has 3 heterocycles. The maximum Gasteiger partial charge on any atom is 0.310 e. The van der Waals surface area contributed by atoms with Gasteiger partial charge in [-0.25, -0.2) is 0 Å². The highest BCUT2D eigenvalue weighted by Gasteiger charge is 2.33. The number of amides is 1. The van der Waals surface area contributed by atoms with Crippen LogP contribution in [0.2, 0.25) is 0 Å². The fourth-order valence-electron chi connectivity index (χ4n) is 4.12. The Morgan fingerprint density at radius 1 is 1.38 bits per heavy atom. The number of hydrogen-bond donors (Lipinski definition) is 0. The van der Waals surface area contributed by atoms with Gasteiger partial charge in [-0.05, 0) is 45.3 Å². The summed E-state index contributed by atoms with van der Waals surface area (Å²) in [6.45, 7) is 7.17. The normalized spacial score (nSPS) is 20.1. The highest BCUT2D eigenvalue weighted by atomic mass is 32.2. The van der Waals surface area contributed by atoms with Crippen molar-refractivity contribution in [3.63, 3.8) is 0 Å². The zero-order valence-electron chi connectivity index (χ0n) is 18.6. The Balaban J connectivity index is 2.15. The van der Waals surface area contributed by atoms with Gasteiger partial charge in [0.2, 0.25) is 0 Å². The third kappa shape index (κ3) is 4.32. The Kier molecular flexibility index (Phi) is 7.41. The maximum absolute atomic E-state index is 12.9. The van der Waals surface area contributed by atoms with Crippen molar-refractivity contribution in [2.45, 2.75) is 33.6 Å². The van der Waals surface area contributed by atoms with Crippen LogP contribution in [-0.2, 0) is 21.4 Å². The van der Waals surface area contributed by atoms with Gasteiger partial charge in [0, 0.05) is 32.2 Å². The first-order valence-electron chi connectivity index (χ1n) is 10.6. The minimum absolute atomic E-state index is 0.0347. The van der Waals surface area contributed by atoms with E-state index in [0.29, 0.717) is 58.8 Å². The van der Waals surface area contributed by atoms with Crippen molar-refractivity contribution >= 4 is 52.1 Å². The lowest BCUT2D eigenvalue weighted by molar-refractivity contribution is -0.148. The summed E-state index contributed by atoms with van der Waals surface area (Å²) in [4.78, 5) is 42.0. The second-order valence-corrected chi connectivity index (χ2v) is 9.35. The standard InChI is InChI=1S/C22H26N4O4S2/c1-5-26-20(28)17(32-22(26)31)10-15-13(3)16(11-23)19(27)24(4)18(15)25-9-7-8-14(12-25)21(29)30-6-2/h10,14H,5-9,12H2,1-4H3. The van der Waals surface area contributed by atoms with Gasteiger partial charge in [-0.15, -0.1) is 0 Å². The third-order valence-electron chi connectivity index (χ3n) is 5.77. The van der Waals surface area contributed by atoms with Crippen LogP contribution in [-0.4, -0.2) is 51.9 Å². The van der Waals surface area contributed by atoms with Crippen LogP contribution in [0.25, 0.3) is 6.08 Å². The SMILES string of the molecule is CCOC(=O)C1CCCN(c2c(C=C3SC(=S)N(CC)C3=O)c(C)c(C#N)c(=O)n2C)C1. The van der Waals surface area contributed by atoms with Crippen molar-refractivity contribution in [2.75, 3.05) is 31.1 Å². The van der Waals surface area contributed by atoms with Gasteiger partial charge in [0.15, 0.2) is 0 Å². The lowest BCUT2D eigenvalue weighted by Gasteiger charge is -2.35. The number of thioether (sulfide) groups is 1. The van der Waals surface area contributed by atoms with Crippen molar-refractivity contribution in [2.24, 2.45) is 13.0 Å². The number of anilines is 1. The first-order valence-corrected chi connectivity index (χ1v) is 11.8. The summed E-state index contributed by atoms with van der Waals surface area (Å²) >= 11 is 6.53. The zero-order chi connectivity index (χ0) is 23.6. The van der Waals surface area contributed by atoms with Crippen LogP contribution in [0.5, 0.6) is 0 Å². The molecule has 0 radical (unpaired) electrons. The molecule has 0 saturated carbocycles. The Labute approximate surface area is 196 Å². The van der Waals surface area contributed by atoms with Gasteiger partial charge >= 0.3 is 5.97 Å². The van der Waals surface area contributed by atoms with E-state index >= 15 is 0 Å². The van der Waals surface area contributed by atoms with E-state index in [2.05, 4.69) is 0 Å². The maximum atomic E-state index is 12.9. The molecule has 0 aliphatic carbocycles. The number of rotatable bonds is 5. The number of pyridine rings is 1. The van der Waals surface area contributed by atoms with Crippen LogP contribution in [0.1, 0.15) is 43.4 Å². The Hall–Kier alpha value is -2.64. The van der Waals surface area contributed by atoms with Crippen LogP contribution in [0, 0.1) is 24.2 Å². The van der Waals surface area contributed by atoms with E-state index in [1.54, 1.807) is 27.0 Å². The number of piperidine rings is 1. The van der Waals surface area contributed by atoms with Crippen LogP contribution < -0.4 is 10.5 Å². The molecule has 3 rings (SSSR count). The van der Waals surface area contributed by atoms with Gasteiger partial charge < -0.3 is 9.64 Å². The summed E-state index contributed by atoms with van der Waals surface area (Å²) in [7, 11) is 1.61. The van der Waals surface area contributed by atoms with E-state index in [4.69, 9.17) is 17.0 Å². The second-order valence-electron chi connectivity index (χ2n) is 7.68. The predicted octanol–water partition coefficient (Wildman–Crippen LogP) is 2.57. The molecule has 2 saturated heterocycles. The predicted molar refractivity (Wildman–Crippen MR) is 128 cm³/mol. The van der Waals surface area contributed by atoms with E-state index in [9.17, 15) is 19.6 Å². The smallest absolute Gasteiger partial charge is 0.310 e. The van der Waals surface area contributed by atoms with Gasteiger partial charge in [-0.2, -0.15) is 5.26 Å². The summed E-state index contributed by atoms with van der Waals surface area (Å²) in [5.74, 6) is -0.163. The summed E-state index contributed by atoms with van der Waals surface area (Å²) < 4.78 is 7.13. The van der Waals surface area contributed by atoms with Crippen LogP contribution in [0.3, 0.4) is 0 Å². The molecule has 1 atom stereocenters. The molecule has 1 amide bonds. The average molecular weight is 475 g/mol. The van der Waals surface area contributed by atoms with Gasteiger partial charge in [0.05, 0.1) is 17.4 Å². The number of carbonyl (C=O) groups is 2. The Morgan fingerprint density at radius 2 is 2.09 bits per heavy atom. The fraction of sp³-hybridized carbons (Fsp3) is 0.500. The van der Waals surface area contributed by atoms with Crippen molar-refractivity contribution in [1.29, 1.82) is 5.26 Å². The largest absolute Gasteiger partial charge is 0.466 e. The third-order valence-corrected chi connectivity index (χ3v) is 7.15. The molecule has 1 aromatic rings. The van der Waals surface area contributed by atoms with Crippen molar-refractivity contribution in [3.8, 4) is 6.07 Å². The molecule has 32 heavy (non-hydrogen) atoms.